The van der Waals surface area contributed by atoms with Crippen LogP contribution in [-0.2, 0) is 14.4 Å². The molecule has 1 amide bonds. The molecule has 23 heavy (non-hydrogen) atoms. The second-order valence-corrected chi connectivity index (χ2v) is 5.38. The average molecular weight is 330 g/mol. The van der Waals surface area contributed by atoms with Crippen molar-refractivity contribution in [2.45, 2.75) is 44.3 Å². The van der Waals surface area contributed by atoms with Gasteiger partial charge in [-0.05, 0) is 25.3 Å². The normalized spacial score (nSPS) is 26.0. The first-order valence-electron chi connectivity index (χ1n) is 7.08. The van der Waals surface area contributed by atoms with Crippen molar-refractivity contribution < 1.29 is 28.3 Å². The predicted molar refractivity (Wildman–Crippen MR) is 79.0 cm³/mol. The number of nitrogens with one attached hydrogen (secondary N) is 2. The zero-order valence-corrected chi connectivity index (χ0v) is 12.9. The van der Waals surface area contributed by atoms with Crippen molar-refractivity contribution in [2.75, 3.05) is 0 Å². The zero-order valence-electron chi connectivity index (χ0n) is 12.9. The lowest BCUT2D eigenvalue weighted by molar-refractivity contribution is -0.142. The van der Waals surface area contributed by atoms with Crippen LogP contribution in [0.25, 0.3) is 0 Å². The molecule has 1 fully saturated rings. The lowest BCUT2D eigenvalue weighted by Crippen LogP contribution is -2.58. The molecule has 1 aliphatic heterocycles. The van der Waals surface area contributed by atoms with E-state index in [-0.39, 0.29) is 12.5 Å². The molecule has 0 bridgehead atoms. The molecule has 1 aliphatic rings. The van der Waals surface area contributed by atoms with Crippen LogP contribution in [0.15, 0.2) is 24.8 Å². The van der Waals surface area contributed by atoms with E-state index in [4.69, 9.17) is 5.11 Å². The smallest absolute Gasteiger partial charge is 0.325 e. The van der Waals surface area contributed by atoms with E-state index in [9.17, 15) is 23.2 Å². The highest BCUT2D eigenvalue weighted by Crippen LogP contribution is 2.28. The molecule has 0 saturated carbocycles. The molecule has 0 unspecified atom stereocenters. The first kappa shape index (κ1) is 19.0. The number of rotatable bonds is 7. The highest BCUT2D eigenvalue weighted by atomic mass is 19.3. The monoisotopic (exact) mass is 330 g/mol. The van der Waals surface area contributed by atoms with Gasteiger partial charge in [-0.15, -0.1) is 0 Å². The molecule has 1 heterocycles. The molecule has 6 nitrogen and oxygen atoms in total. The number of ketones is 1. The summed E-state index contributed by atoms with van der Waals surface area (Å²) >= 11 is 0. The van der Waals surface area contributed by atoms with Crippen molar-refractivity contribution in [3.05, 3.63) is 24.8 Å². The fourth-order valence-electron chi connectivity index (χ4n) is 2.65. The second kappa shape index (κ2) is 7.45. The fourth-order valence-corrected chi connectivity index (χ4v) is 2.65. The average Bonchev–Trinajstić information content (AvgIpc) is 2.88. The molecule has 1 rings (SSSR count). The van der Waals surface area contributed by atoms with Crippen LogP contribution in [-0.4, -0.2) is 46.8 Å². The molecule has 8 heteroatoms. The minimum Gasteiger partial charge on any atom is -0.480 e. The summed E-state index contributed by atoms with van der Waals surface area (Å²) in [5, 5.41) is 14.0. The molecule has 0 aromatic rings. The van der Waals surface area contributed by atoms with Crippen LogP contribution in [0.2, 0.25) is 0 Å². The summed E-state index contributed by atoms with van der Waals surface area (Å²) in [6.07, 6.45) is 3.62. The molecule has 128 valence electrons. The first-order chi connectivity index (χ1) is 10.6. The number of allylic oxidation sites excluding steroid dienone is 2. The van der Waals surface area contributed by atoms with Crippen LogP contribution in [0, 0.1) is 5.92 Å². The molecule has 0 aromatic heterocycles. The Morgan fingerprint density at radius 2 is 2.04 bits per heavy atom. The molecule has 1 saturated heterocycles. The number of hydrogen-bond donors (Lipinski definition) is 3. The first-order valence-corrected chi connectivity index (χ1v) is 7.08. The topological polar surface area (TPSA) is 95.5 Å². The SMILES string of the molecule is C=CC(F)(F)C(=O)[C@H](NC(C)=O)[C@@H]1N[C@@H](C(=O)O)C[C@H]1/C=C\C. The standard InChI is InChI=1S/C15H20F2N2O4/c1-4-6-9-7-10(14(22)23)19-11(9)12(18-8(3)20)13(21)15(16,17)5-2/h4-6,9-12,19H,2,7H2,1,3H3,(H,18,20)(H,22,23)/b6-4-/t9-,10-,11-,12-/m1/s1. The lowest BCUT2D eigenvalue weighted by atomic mass is 9.89. The summed E-state index contributed by atoms with van der Waals surface area (Å²) in [6.45, 7) is 5.72. The second-order valence-electron chi connectivity index (χ2n) is 5.38. The Balaban J connectivity index is 3.18. The summed E-state index contributed by atoms with van der Waals surface area (Å²) < 4.78 is 27.4. The van der Waals surface area contributed by atoms with Crippen molar-refractivity contribution in [2.24, 2.45) is 5.92 Å². The van der Waals surface area contributed by atoms with Gasteiger partial charge in [0.05, 0.1) is 0 Å². The Morgan fingerprint density at radius 1 is 1.43 bits per heavy atom. The number of carboxylic acids is 1. The van der Waals surface area contributed by atoms with Gasteiger partial charge in [-0.25, -0.2) is 0 Å². The number of hydrogen-bond acceptors (Lipinski definition) is 4. The van der Waals surface area contributed by atoms with Gasteiger partial charge in [0, 0.05) is 13.0 Å². The van der Waals surface area contributed by atoms with Crippen LogP contribution in [0.5, 0.6) is 0 Å². The summed E-state index contributed by atoms with van der Waals surface area (Å²) in [6, 6.07) is -3.50. The van der Waals surface area contributed by atoms with Crippen molar-refractivity contribution in [3.63, 3.8) is 0 Å². The third-order valence-corrected chi connectivity index (χ3v) is 3.69. The van der Waals surface area contributed by atoms with Gasteiger partial charge >= 0.3 is 11.9 Å². The lowest BCUT2D eigenvalue weighted by Gasteiger charge is -2.29. The van der Waals surface area contributed by atoms with Gasteiger partial charge in [-0.3, -0.25) is 19.7 Å². The third-order valence-electron chi connectivity index (χ3n) is 3.69. The molecular formula is C15H20F2N2O4. The highest BCUT2D eigenvalue weighted by molar-refractivity contribution is 5.95. The number of alkyl halides is 2. The third kappa shape index (κ3) is 4.44. The fraction of sp³-hybridized carbons (Fsp3) is 0.533. The quantitative estimate of drug-likeness (QED) is 0.603. The number of carbonyl (C=O) groups is 3. The van der Waals surface area contributed by atoms with Crippen molar-refractivity contribution in [1.29, 1.82) is 0 Å². The van der Waals surface area contributed by atoms with Gasteiger partial charge in [-0.2, -0.15) is 8.78 Å². The van der Waals surface area contributed by atoms with Crippen molar-refractivity contribution >= 4 is 17.7 Å². The summed E-state index contributed by atoms with van der Waals surface area (Å²) in [4.78, 5) is 34.6. The Bertz CT molecular complexity index is 534. The van der Waals surface area contributed by atoms with Crippen molar-refractivity contribution in [1.82, 2.24) is 10.6 Å². The van der Waals surface area contributed by atoms with E-state index < -0.39 is 47.6 Å². The van der Waals surface area contributed by atoms with E-state index >= 15 is 0 Å². The molecule has 3 N–H and O–H groups in total. The number of halogens is 2. The van der Waals surface area contributed by atoms with Crippen molar-refractivity contribution in [3.8, 4) is 0 Å². The summed E-state index contributed by atoms with van der Waals surface area (Å²) in [5.41, 5.74) is 0. The highest BCUT2D eigenvalue weighted by Gasteiger charge is 2.49. The molecule has 4 atom stereocenters. The number of carbonyl (C=O) groups excluding carboxylic acids is 2. The molecule has 0 aliphatic carbocycles. The molecule has 0 radical (unpaired) electrons. The van der Waals surface area contributed by atoms with E-state index in [1.807, 2.05) is 0 Å². The summed E-state index contributed by atoms with van der Waals surface area (Å²) in [7, 11) is 0. The van der Waals surface area contributed by atoms with Gasteiger partial charge in [0.1, 0.15) is 12.1 Å². The molecule has 0 spiro atoms. The van der Waals surface area contributed by atoms with E-state index in [1.165, 1.54) is 0 Å². The number of amides is 1. The van der Waals surface area contributed by atoms with E-state index in [0.29, 0.717) is 0 Å². The van der Waals surface area contributed by atoms with Crippen LogP contribution < -0.4 is 10.6 Å². The molecular weight excluding hydrogens is 310 g/mol. The van der Waals surface area contributed by atoms with Crippen LogP contribution in [0.1, 0.15) is 20.3 Å². The maximum atomic E-state index is 13.7. The van der Waals surface area contributed by atoms with Crippen LogP contribution in [0.4, 0.5) is 8.78 Å². The predicted octanol–water partition coefficient (Wildman–Crippen LogP) is 0.889. The maximum absolute atomic E-state index is 13.7. The maximum Gasteiger partial charge on any atom is 0.325 e. The Labute approximate surface area is 132 Å². The Kier molecular flexibility index (Phi) is 6.14. The number of carboxylic acid groups (broad SMARTS) is 1. The Hall–Kier alpha value is -2.09. The van der Waals surface area contributed by atoms with Crippen LogP contribution in [0.3, 0.4) is 0 Å². The van der Waals surface area contributed by atoms with Crippen LogP contribution >= 0.6 is 0 Å². The van der Waals surface area contributed by atoms with Gasteiger partial charge < -0.3 is 10.4 Å². The Morgan fingerprint density at radius 3 is 2.48 bits per heavy atom. The van der Waals surface area contributed by atoms with Gasteiger partial charge in [0.15, 0.2) is 0 Å². The molecule has 0 aromatic carbocycles. The van der Waals surface area contributed by atoms with E-state index in [0.717, 1.165) is 6.92 Å². The van der Waals surface area contributed by atoms with E-state index in [2.05, 4.69) is 17.2 Å². The van der Waals surface area contributed by atoms with Gasteiger partial charge in [-0.1, -0.05) is 18.7 Å². The van der Waals surface area contributed by atoms with Gasteiger partial charge in [0.2, 0.25) is 11.7 Å². The zero-order chi connectivity index (χ0) is 17.8. The summed E-state index contributed by atoms with van der Waals surface area (Å²) in [5.74, 6) is -7.64. The largest absolute Gasteiger partial charge is 0.480 e. The number of Topliss-reactive ketones (excluding diaryl/α,β-unsaturated/α-hetero) is 1. The minimum absolute atomic E-state index is 0.132. The van der Waals surface area contributed by atoms with E-state index in [1.54, 1.807) is 19.1 Å². The number of aliphatic carboxylic acids is 1. The minimum atomic E-state index is -3.82. The van der Waals surface area contributed by atoms with Gasteiger partial charge in [0.25, 0.3) is 0 Å².